The highest BCUT2D eigenvalue weighted by molar-refractivity contribution is 5.76. The third kappa shape index (κ3) is 39.8. The second kappa shape index (κ2) is 43.2. The van der Waals surface area contributed by atoms with Crippen LogP contribution in [0.5, 0.6) is 0 Å². The van der Waals surface area contributed by atoms with Gasteiger partial charge in [-0.3, -0.25) is 4.79 Å². The number of rotatable bonds is 36. The number of aliphatic hydroxyl groups is 2. The Kier molecular flexibility index (Phi) is 40.6. The lowest BCUT2D eigenvalue weighted by atomic mass is 10.1. The summed E-state index contributed by atoms with van der Waals surface area (Å²) < 4.78 is 0. The van der Waals surface area contributed by atoms with Gasteiger partial charge in [0.05, 0.1) is 18.8 Å². The summed E-state index contributed by atoms with van der Waals surface area (Å²) in [5.74, 6) is -0.0945. The van der Waals surface area contributed by atoms with Crippen LogP contribution in [0.2, 0.25) is 0 Å². The number of unbranched alkanes of at least 4 members (excludes halogenated alkanes) is 11. The highest BCUT2D eigenvalue weighted by atomic mass is 16.3. The lowest BCUT2D eigenvalue weighted by molar-refractivity contribution is -0.123. The van der Waals surface area contributed by atoms with Gasteiger partial charge in [0.2, 0.25) is 5.91 Å². The summed E-state index contributed by atoms with van der Waals surface area (Å²) in [5, 5.41) is 22.8. The van der Waals surface area contributed by atoms with Crippen LogP contribution >= 0.6 is 0 Å². The first-order chi connectivity index (χ1) is 26.2. The largest absolute Gasteiger partial charge is 0.394 e. The highest BCUT2D eigenvalue weighted by Crippen LogP contribution is 2.12. The topological polar surface area (TPSA) is 69.6 Å². The standard InChI is InChI=1S/C49H79NO3/c1-3-5-7-9-11-13-15-16-17-18-19-20-21-22-23-24-25-26-27-28-29-30-31-32-33-34-35-37-39-41-43-45-49(53)50-47(46-51)48(52)44-42-40-38-36-14-12-10-8-6-4-2/h5-8,11,13-14,16-17,19-20,22-23,25-26,28-29,36,42,44,47-48,51-52H,3-4,9-10,12,15,18,21,24,27,30-35,37-41,43,45-46H2,1-2H3,(H,50,53)/b7-5-,8-6+,13-11-,17-16-,20-19-,23-22-,26-25-,29-28-,36-14+,44-42+. The summed E-state index contributed by atoms with van der Waals surface area (Å²) in [6, 6.07) is -0.655. The van der Waals surface area contributed by atoms with E-state index in [9.17, 15) is 15.0 Å². The zero-order chi connectivity index (χ0) is 38.6. The first-order valence-corrected chi connectivity index (χ1v) is 21.2. The van der Waals surface area contributed by atoms with Gasteiger partial charge < -0.3 is 15.5 Å². The van der Waals surface area contributed by atoms with Gasteiger partial charge in [0.1, 0.15) is 0 Å². The molecule has 4 heteroatoms. The van der Waals surface area contributed by atoms with Gasteiger partial charge in [0.25, 0.3) is 0 Å². The van der Waals surface area contributed by atoms with Crippen LogP contribution in [0.15, 0.2) is 122 Å². The Morgan fingerprint density at radius 3 is 1.25 bits per heavy atom. The van der Waals surface area contributed by atoms with Crippen LogP contribution in [0.1, 0.15) is 162 Å². The maximum absolute atomic E-state index is 12.3. The van der Waals surface area contributed by atoms with E-state index in [4.69, 9.17) is 0 Å². The zero-order valence-corrected chi connectivity index (χ0v) is 34.0. The van der Waals surface area contributed by atoms with Crippen LogP contribution in [-0.2, 0) is 4.79 Å². The maximum Gasteiger partial charge on any atom is 0.220 e. The molecule has 0 aliphatic rings. The van der Waals surface area contributed by atoms with Gasteiger partial charge in [0, 0.05) is 6.42 Å². The monoisotopic (exact) mass is 730 g/mol. The maximum atomic E-state index is 12.3. The van der Waals surface area contributed by atoms with Gasteiger partial charge >= 0.3 is 0 Å². The molecule has 0 saturated carbocycles. The van der Waals surface area contributed by atoms with Gasteiger partial charge in [-0.05, 0) is 96.3 Å². The molecule has 0 aromatic rings. The fourth-order valence-corrected chi connectivity index (χ4v) is 5.49. The third-order valence-corrected chi connectivity index (χ3v) is 8.67. The van der Waals surface area contributed by atoms with Crippen molar-refractivity contribution < 1.29 is 15.0 Å². The number of carbonyl (C=O) groups is 1. The van der Waals surface area contributed by atoms with Crippen molar-refractivity contribution in [3.8, 4) is 0 Å². The summed E-state index contributed by atoms with van der Waals surface area (Å²) >= 11 is 0. The number of hydrogen-bond acceptors (Lipinski definition) is 3. The molecule has 0 bridgehead atoms. The van der Waals surface area contributed by atoms with E-state index in [2.05, 4.69) is 129 Å². The summed E-state index contributed by atoms with van der Waals surface area (Å²) in [6.07, 6.45) is 67.4. The Labute approximate surface area is 327 Å². The van der Waals surface area contributed by atoms with Crippen molar-refractivity contribution in [3.63, 3.8) is 0 Å². The van der Waals surface area contributed by atoms with Crippen LogP contribution in [-0.4, -0.2) is 34.9 Å². The van der Waals surface area contributed by atoms with Crippen molar-refractivity contribution in [2.45, 2.75) is 174 Å². The van der Waals surface area contributed by atoms with Gasteiger partial charge in [0.15, 0.2) is 0 Å². The van der Waals surface area contributed by atoms with Crippen LogP contribution in [0.4, 0.5) is 0 Å². The molecule has 0 spiro atoms. The first-order valence-electron chi connectivity index (χ1n) is 21.2. The minimum atomic E-state index is -0.878. The van der Waals surface area contributed by atoms with E-state index in [0.29, 0.717) is 6.42 Å². The second-order valence-corrected chi connectivity index (χ2v) is 13.6. The van der Waals surface area contributed by atoms with Crippen molar-refractivity contribution in [2.75, 3.05) is 6.61 Å². The minimum Gasteiger partial charge on any atom is -0.394 e. The molecule has 0 heterocycles. The molecule has 0 radical (unpaired) electrons. The fourth-order valence-electron chi connectivity index (χ4n) is 5.49. The van der Waals surface area contributed by atoms with Crippen molar-refractivity contribution in [1.82, 2.24) is 5.32 Å². The summed E-state index contributed by atoms with van der Waals surface area (Å²) in [5.41, 5.74) is 0. The molecular weight excluding hydrogens is 651 g/mol. The van der Waals surface area contributed by atoms with E-state index in [1.165, 1.54) is 44.9 Å². The third-order valence-electron chi connectivity index (χ3n) is 8.67. The van der Waals surface area contributed by atoms with Crippen LogP contribution in [0.3, 0.4) is 0 Å². The molecule has 2 unspecified atom stereocenters. The van der Waals surface area contributed by atoms with Crippen molar-refractivity contribution >= 4 is 5.91 Å². The molecule has 0 aliphatic carbocycles. The Bertz CT molecular complexity index is 1100. The molecule has 0 aromatic heterocycles. The van der Waals surface area contributed by atoms with E-state index in [-0.39, 0.29) is 12.5 Å². The van der Waals surface area contributed by atoms with Gasteiger partial charge in [-0.15, -0.1) is 0 Å². The fraction of sp³-hybridized carbons (Fsp3) is 0.571. The van der Waals surface area contributed by atoms with Gasteiger partial charge in [-0.2, -0.15) is 0 Å². The van der Waals surface area contributed by atoms with E-state index in [1.54, 1.807) is 6.08 Å². The number of amides is 1. The summed E-state index contributed by atoms with van der Waals surface area (Å²) in [6.45, 7) is 4.03. The average molecular weight is 730 g/mol. The smallest absolute Gasteiger partial charge is 0.220 e. The van der Waals surface area contributed by atoms with Crippen molar-refractivity contribution in [3.05, 3.63) is 122 Å². The molecular formula is C49H79NO3. The molecule has 0 aromatic carbocycles. The van der Waals surface area contributed by atoms with Crippen LogP contribution < -0.4 is 5.32 Å². The predicted octanol–water partition coefficient (Wildman–Crippen LogP) is 13.4. The Hall–Kier alpha value is -3.21. The Morgan fingerprint density at radius 2 is 0.792 bits per heavy atom. The number of nitrogens with one attached hydrogen (secondary N) is 1. The highest BCUT2D eigenvalue weighted by Gasteiger charge is 2.17. The molecule has 3 N–H and O–H groups in total. The molecule has 298 valence electrons. The normalized spacial score (nSPS) is 14.3. The van der Waals surface area contributed by atoms with Gasteiger partial charge in [-0.1, -0.05) is 180 Å². The molecule has 0 rings (SSSR count). The van der Waals surface area contributed by atoms with E-state index in [1.807, 2.05) is 6.08 Å². The zero-order valence-electron chi connectivity index (χ0n) is 34.0. The first kappa shape index (κ1) is 49.8. The number of hydrogen-bond donors (Lipinski definition) is 3. The van der Waals surface area contributed by atoms with Crippen molar-refractivity contribution in [1.29, 1.82) is 0 Å². The molecule has 1 amide bonds. The molecule has 53 heavy (non-hydrogen) atoms. The van der Waals surface area contributed by atoms with E-state index >= 15 is 0 Å². The molecule has 0 fully saturated rings. The Morgan fingerprint density at radius 1 is 0.453 bits per heavy atom. The lowest BCUT2D eigenvalue weighted by Gasteiger charge is -2.19. The molecule has 0 aliphatic heterocycles. The number of aliphatic hydroxyl groups excluding tert-OH is 2. The lowest BCUT2D eigenvalue weighted by Crippen LogP contribution is -2.45. The number of allylic oxidation sites excluding steroid dienone is 19. The predicted molar refractivity (Wildman–Crippen MR) is 234 cm³/mol. The summed E-state index contributed by atoms with van der Waals surface area (Å²) in [4.78, 5) is 12.3. The van der Waals surface area contributed by atoms with E-state index < -0.39 is 12.1 Å². The summed E-state index contributed by atoms with van der Waals surface area (Å²) in [7, 11) is 0. The van der Waals surface area contributed by atoms with Crippen LogP contribution in [0.25, 0.3) is 0 Å². The van der Waals surface area contributed by atoms with E-state index in [0.717, 1.165) is 96.3 Å². The molecule has 2 atom stereocenters. The second-order valence-electron chi connectivity index (χ2n) is 13.6. The quantitative estimate of drug-likeness (QED) is 0.0444. The minimum absolute atomic E-state index is 0.0945. The van der Waals surface area contributed by atoms with Crippen LogP contribution in [0, 0.1) is 0 Å². The average Bonchev–Trinajstić information content (AvgIpc) is 3.16. The number of carbonyl (C=O) groups excluding carboxylic acids is 1. The van der Waals surface area contributed by atoms with Crippen molar-refractivity contribution in [2.24, 2.45) is 0 Å². The Balaban J connectivity index is 3.65. The molecule has 0 saturated heterocycles. The molecule has 4 nitrogen and oxygen atoms in total. The van der Waals surface area contributed by atoms with Gasteiger partial charge in [-0.25, -0.2) is 0 Å². The SMILES string of the molecule is CC/C=C\C/C=C\C/C=C\C/C=C\C/C=C\C/C=C\C/C=C\CCCCCCCCCCCC(=O)NC(CO)C(O)/C=C/CC/C=C/CC/C=C/CC.